The van der Waals surface area contributed by atoms with E-state index in [-0.39, 0.29) is 0 Å². The van der Waals surface area contributed by atoms with E-state index in [2.05, 4.69) is 51.3 Å². The zero-order valence-corrected chi connectivity index (χ0v) is 12.0. The summed E-state index contributed by atoms with van der Waals surface area (Å²) in [6, 6.07) is 7.08. The van der Waals surface area contributed by atoms with Crippen LogP contribution in [0.25, 0.3) is 0 Å². The first kappa shape index (κ1) is 13.6. The lowest BCUT2D eigenvalue weighted by Crippen LogP contribution is -2.39. The first-order valence-electron chi connectivity index (χ1n) is 6.97. The maximum Gasteiger partial charge on any atom is 0.0590 e. The summed E-state index contributed by atoms with van der Waals surface area (Å²) < 4.78 is 5.71. The summed E-state index contributed by atoms with van der Waals surface area (Å²) >= 11 is 0. The topological polar surface area (TPSA) is 21.3 Å². The van der Waals surface area contributed by atoms with Crippen LogP contribution in [0.1, 0.15) is 30.0 Å². The number of ether oxygens (including phenoxy) is 1. The van der Waals surface area contributed by atoms with Gasteiger partial charge in [-0.3, -0.25) is 0 Å². The number of hydrogen-bond donors (Lipinski definition) is 1. The molecular weight excluding hydrogens is 222 g/mol. The second-order valence-electron chi connectivity index (χ2n) is 5.50. The molecule has 0 bridgehead atoms. The number of rotatable bonds is 4. The van der Waals surface area contributed by atoms with Crippen LogP contribution in [0.15, 0.2) is 18.2 Å². The van der Waals surface area contributed by atoms with Crippen LogP contribution in [0.4, 0.5) is 0 Å². The Morgan fingerprint density at radius 3 is 2.50 bits per heavy atom. The van der Waals surface area contributed by atoms with Gasteiger partial charge in [0.25, 0.3) is 0 Å². The molecule has 100 valence electrons. The van der Waals surface area contributed by atoms with Gasteiger partial charge in [0.1, 0.15) is 0 Å². The van der Waals surface area contributed by atoms with Gasteiger partial charge in [-0.1, -0.05) is 18.2 Å². The zero-order valence-electron chi connectivity index (χ0n) is 12.0. The molecule has 0 spiro atoms. The van der Waals surface area contributed by atoms with Crippen molar-refractivity contribution in [2.24, 2.45) is 5.92 Å². The molecule has 2 nitrogen and oxygen atoms in total. The Balaban J connectivity index is 2.15. The summed E-state index contributed by atoms with van der Waals surface area (Å²) in [4.78, 5) is 0. The van der Waals surface area contributed by atoms with E-state index in [1.807, 2.05) is 0 Å². The summed E-state index contributed by atoms with van der Waals surface area (Å²) in [5, 5.41) is 3.50. The average molecular weight is 247 g/mol. The molecule has 1 aromatic carbocycles. The predicted octanol–water partition coefficient (Wildman–Crippen LogP) is 2.86. The van der Waals surface area contributed by atoms with E-state index < -0.39 is 0 Å². The molecule has 0 radical (unpaired) electrons. The molecular formula is C16H25NO. The fourth-order valence-electron chi connectivity index (χ4n) is 3.14. The van der Waals surface area contributed by atoms with E-state index in [9.17, 15) is 0 Å². The summed E-state index contributed by atoms with van der Waals surface area (Å²) in [5.41, 5.74) is 4.31. The molecule has 1 aliphatic rings. The van der Waals surface area contributed by atoms with Crippen LogP contribution in [0, 0.1) is 19.8 Å². The van der Waals surface area contributed by atoms with Crippen molar-refractivity contribution in [3.63, 3.8) is 0 Å². The van der Waals surface area contributed by atoms with E-state index in [1.165, 1.54) is 23.1 Å². The van der Waals surface area contributed by atoms with Gasteiger partial charge in [-0.25, -0.2) is 0 Å². The first-order valence-corrected chi connectivity index (χ1v) is 6.97. The Labute approximate surface area is 111 Å². The second-order valence-corrected chi connectivity index (χ2v) is 5.50. The first-order chi connectivity index (χ1) is 8.63. The number of benzene rings is 1. The predicted molar refractivity (Wildman–Crippen MR) is 76.0 cm³/mol. The van der Waals surface area contributed by atoms with Gasteiger partial charge < -0.3 is 10.1 Å². The fourth-order valence-corrected chi connectivity index (χ4v) is 3.14. The standard InChI is InChI=1S/C16H25NO/c1-11-6-5-7-12(2)15(11)10-16(17-4)14-8-9-18-13(14)3/h5-7,13-14,16-17H,8-10H2,1-4H3. The highest BCUT2D eigenvalue weighted by atomic mass is 16.5. The van der Waals surface area contributed by atoms with E-state index in [0.717, 1.165) is 13.0 Å². The van der Waals surface area contributed by atoms with E-state index in [4.69, 9.17) is 4.74 Å². The molecule has 1 aromatic rings. The van der Waals surface area contributed by atoms with Crippen LogP contribution in [-0.4, -0.2) is 25.8 Å². The number of hydrogen-bond acceptors (Lipinski definition) is 2. The molecule has 1 saturated heterocycles. The highest BCUT2D eigenvalue weighted by Crippen LogP contribution is 2.27. The molecule has 18 heavy (non-hydrogen) atoms. The minimum Gasteiger partial charge on any atom is -0.378 e. The third-order valence-corrected chi connectivity index (χ3v) is 4.39. The lowest BCUT2D eigenvalue weighted by molar-refractivity contribution is 0.0962. The molecule has 1 aliphatic heterocycles. The van der Waals surface area contributed by atoms with Crippen LogP contribution < -0.4 is 5.32 Å². The Morgan fingerprint density at radius 1 is 1.33 bits per heavy atom. The van der Waals surface area contributed by atoms with Crippen molar-refractivity contribution in [2.75, 3.05) is 13.7 Å². The summed E-state index contributed by atoms with van der Waals surface area (Å²) in [5.74, 6) is 0.633. The van der Waals surface area contributed by atoms with Crippen molar-refractivity contribution in [3.8, 4) is 0 Å². The maximum absolute atomic E-state index is 5.71. The molecule has 0 saturated carbocycles. The molecule has 3 atom stereocenters. The molecule has 2 rings (SSSR count). The highest BCUT2D eigenvalue weighted by Gasteiger charge is 2.31. The summed E-state index contributed by atoms with van der Waals surface area (Å²) in [7, 11) is 2.07. The lowest BCUT2D eigenvalue weighted by Gasteiger charge is -2.26. The zero-order chi connectivity index (χ0) is 13.1. The van der Waals surface area contributed by atoms with Crippen molar-refractivity contribution in [1.29, 1.82) is 0 Å². The van der Waals surface area contributed by atoms with Crippen molar-refractivity contribution in [1.82, 2.24) is 5.32 Å². The van der Waals surface area contributed by atoms with E-state index in [0.29, 0.717) is 18.1 Å². The number of aryl methyl sites for hydroxylation is 2. The molecule has 0 aromatic heterocycles. The van der Waals surface area contributed by atoms with Crippen molar-refractivity contribution >= 4 is 0 Å². The van der Waals surface area contributed by atoms with Gasteiger partial charge in [0.2, 0.25) is 0 Å². The Morgan fingerprint density at radius 2 is 2.00 bits per heavy atom. The molecule has 2 heteroatoms. The molecule has 3 unspecified atom stereocenters. The average Bonchev–Trinajstić information content (AvgIpc) is 2.76. The second kappa shape index (κ2) is 5.85. The lowest BCUT2D eigenvalue weighted by atomic mass is 9.86. The van der Waals surface area contributed by atoms with Crippen molar-refractivity contribution in [3.05, 3.63) is 34.9 Å². The highest BCUT2D eigenvalue weighted by molar-refractivity contribution is 5.34. The minimum absolute atomic E-state index is 0.381. The molecule has 1 fully saturated rings. The number of likely N-dealkylation sites (N-methyl/N-ethyl adjacent to an activating group) is 1. The Kier molecular flexibility index (Phi) is 4.41. The van der Waals surface area contributed by atoms with Gasteiger partial charge in [0.05, 0.1) is 6.10 Å². The van der Waals surface area contributed by atoms with Crippen LogP contribution >= 0.6 is 0 Å². The normalized spacial score (nSPS) is 25.3. The van der Waals surface area contributed by atoms with Crippen molar-refractivity contribution < 1.29 is 4.74 Å². The third kappa shape index (κ3) is 2.76. The quantitative estimate of drug-likeness (QED) is 0.883. The van der Waals surface area contributed by atoms with Gasteiger partial charge in [-0.2, -0.15) is 0 Å². The van der Waals surface area contributed by atoms with Gasteiger partial charge in [-0.15, -0.1) is 0 Å². The minimum atomic E-state index is 0.381. The maximum atomic E-state index is 5.71. The van der Waals surface area contributed by atoms with Crippen LogP contribution in [0.2, 0.25) is 0 Å². The summed E-state index contributed by atoms with van der Waals surface area (Å²) in [6.45, 7) is 7.54. The fraction of sp³-hybridized carbons (Fsp3) is 0.625. The molecule has 1 N–H and O–H groups in total. The summed E-state index contributed by atoms with van der Waals surface area (Å²) in [6.07, 6.45) is 2.66. The van der Waals surface area contributed by atoms with Crippen molar-refractivity contribution in [2.45, 2.75) is 45.8 Å². The van der Waals surface area contributed by atoms with Gasteiger partial charge >= 0.3 is 0 Å². The smallest absolute Gasteiger partial charge is 0.0590 e. The van der Waals surface area contributed by atoms with E-state index in [1.54, 1.807) is 0 Å². The largest absolute Gasteiger partial charge is 0.378 e. The van der Waals surface area contributed by atoms with Gasteiger partial charge in [0, 0.05) is 18.6 Å². The van der Waals surface area contributed by atoms with Crippen LogP contribution in [0.5, 0.6) is 0 Å². The van der Waals surface area contributed by atoms with Crippen LogP contribution in [0.3, 0.4) is 0 Å². The van der Waals surface area contributed by atoms with E-state index >= 15 is 0 Å². The van der Waals surface area contributed by atoms with Gasteiger partial charge in [-0.05, 0) is 57.4 Å². The van der Waals surface area contributed by atoms with Crippen LogP contribution in [-0.2, 0) is 11.2 Å². The van der Waals surface area contributed by atoms with Gasteiger partial charge in [0.15, 0.2) is 0 Å². The monoisotopic (exact) mass is 247 g/mol. The molecule has 1 heterocycles. The Bertz CT molecular complexity index is 382. The molecule has 0 amide bonds. The SMILES string of the molecule is CNC(Cc1c(C)cccc1C)C1CCOC1C. The third-order valence-electron chi connectivity index (χ3n) is 4.39. The Hall–Kier alpha value is -0.860. The molecule has 0 aliphatic carbocycles. The number of nitrogens with one attached hydrogen (secondary N) is 1.